The molecule has 0 radical (unpaired) electrons. The number of aliphatic hydroxyl groups excluding tert-OH is 1. The van der Waals surface area contributed by atoms with E-state index < -0.39 is 0 Å². The summed E-state index contributed by atoms with van der Waals surface area (Å²) in [7, 11) is 0. The number of nitrogens with zero attached hydrogens (tertiary/aromatic N) is 3. The SMILES string of the molecule is C=CCN1C(=O)C(c2ccc(NC(C)=O)cc2)=C(N2CCN(CCO)CC2)C1=O. The van der Waals surface area contributed by atoms with E-state index in [1.807, 2.05) is 4.90 Å². The molecule has 1 fully saturated rings. The molecule has 1 aromatic carbocycles. The van der Waals surface area contributed by atoms with Gasteiger partial charge in [0, 0.05) is 51.9 Å². The summed E-state index contributed by atoms with van der Waals surface area (Å²) in [6.07, 6.45) is 1.54. The highest BCUT2D eigenvalue weighted by molar-refractivity contribution is 6.35. The van der Waals surface area contributed by atoms with Crippen LogP contribution in [-0.2, 0) is 14.4 Å². The van der Waals surface area contributed by atoms with Crippen LogP contribution in [0.5, 0.6) is 0 Å². The summed E-state index contributed by atoms with van der Waals surface area (Å²) in [4.78, 5) is 42.6. The number of imide groups is 1. The average molecular weight is 398 g/mol. The Morgan fingerprint density at radius 2 is 1.79 bits per heavy atom. The summed E-state index contributed by atoms with van der Waals surface area (Å²) in [5.41, 5.74) is 2.05. The van der Waals surface area contributed by atoms with Gasteiger partial charge in [0.1, 0.15) is 5.70 Å². The van der Waals surface area contributed by atoms with Crippen LogP contribution in [0.2, 0.25) is 0 Å². The molecule has 0 aromatic heterocycles. The number of amides is 3. The number of anilines is 1. The Kier molecular flexibility index (Phi) is 6.46. The van der Waals surface area contributed by atoms with E-state index in [9.17, 15) is 14.4 Å². The molecule has 8 nitrogen and oxygen atoms in total. The normalized spacial score (nSPS) is 17.9. The molecule has 0 saturated carbocycles. The lowest BCUT2D eigenvalue weighted by atomic mass is 10.0. The first-order chi connectivity index (χ1) is 14.0. The molecule has 0 aliphatic carbocycles. The Balaban J connectivity index is 1.93. The molecule has 1 saturated heterocycles. The average Bonchev–Trinajstić information content (AvgIpc) is 2.94. The van der Waals surface area contributed by atoms with Crippen LogP contribution < -0.4 is 5.32 Å². The number of hydrogen-bond acceptors (Lipinski definition) is 6. The van der Waals surface area contributed by atoms with Gasteiger partial charge in [0.25, 0.3) is 11.8 Å². The Bertz CT molecular complexity index is 839. The molecule has 154 valence electrons. The van der Waals surface area contributed by atoms with Crippen LogP contribution in [0.4, 0.5) is 5.69 Å². The number of β-amino-alcohol motifs (C(OH)–C–C–N with tert-alkyl or cyclic N) is 1. The Labute approximate surface area is 170 Å². The van der Waals surface area contributed by atoms with Crippen LogP contribution in [0.25, 0.3) is 5.57 Å². The summed E-state index contributed by atoms with van der Waals surface area (Å²) in [6, 6.07) is 6.92. The fraction of sp³-hybridized carbons (Fsp3) is 0.381. The van der Waals surface area contributed by atoms with Gasteiger partial charge in [-0.3, -0.25) is 24.2 Å². The van der Waals surface area contributed by atoms with Crippen LogP contribution in [0, 0.1) is 0 Å². The van der Waals surface area contributed by atoms with Crippen LogP contribution >= 0.6 is 0 Å². The smallest absolute Gasteiger partial charge is 0.278 e. The highest BCUT2D eigenvalue weighted by Gasteiger charge is 2.41. The first-order valence-corrected chi connectivity index (χ1v) is 9.63. The maximum absolute atomic E-state index is 13.1. The first kappa shape index (κ1) is 20.8. The van der Waals surface area contributed by atoms with E-state index in [0.29, 0.717) is 55.2 Å². The summed E-state index contributed by atoms with van der Waals surface area (Å²) in [5, 5.41) is 11.8. The molecule has 0 unspecified atom stereocenters. The Hall–Kier alpha value is -2.97. The van der Waals surface area contributed by atoms with Gasteiger partial charge in [0.05, 0.1) is 12.2 Å². The number of rotatable bonds is 7. The Morgan fingerprint density at radius 1 is 1.14 bits per heavy atom. The van der Waals surface area contributed by atoms with Gasteiger partial charge in [-0.1, -0.05) is 18.2 Å². The molecular weight excluding hydrogens is 372 g/mol. The number of benzene rings is 1. The zero-order valence-electron chi connectivity index (χ0n) is 16.6. The molecule has 2 heterocycles. The second-order valence-electron chi connectivity index (χ2n) is 7.04. The lowest BCUT2D eigenvalue weighted by molar-refractivity contribution is -0.137. The van der Waals surface area contributed by atoms with Crippen LogP contribution in [0.15, 0.2) is 42.6 Å². The van der Waals surface area contributed by atoms with Crippen molar-refractivity contribution in [2.75, 3.05) is 51.2 Å². The number of carbonyl (C=O) groups is 3. The molecule has 3 amide bonds. The topological polar surface area (TPSA) is 93.2 Å². The zero-order chi connectivity index (χ0) is 21.0. The summed E-state index contributed by atoms with van der Waals surface area (Å²) >= 11 is 0. The molecule has 2 aliphatic heterocycles. The highest BCUT2D eigenvalue weighted by Crippen LogP contribution is 2.32. The molecule has 0 bridgehead atoms. The quantitative estimate of drug-likeness (QED) is 0.514. The third-order valence-electron chi connectivity index (χ3n) is 5.05. The van der Waals surface area contributed by atoms with Crippen LogP contribution in [0.3, 0.4) is 0 Å². The molecule has 0 spiro atoms. The zero-order valence-corrected chi connectivity index (χ0v) is 16.6. The highest BCUT2D eigenvalue weighted by atomic mass is 16.3. The molecule has 29 heavy (non-hydrogen) atoms. The first-order valence-electron chi connectivity index (χ1n) is 9.63. The van der Waals surface area contributed by atoms with E-state index in [1.54, 1.807) is 24.3 Å². The van der Waals surface area contributed by atoms with Gasteiger partial charge < -0.3 is 15.3 Å². The minimum absolute atomic E-state index is 0.0964. The lowest BCUT2D eigenvalue weighted by Crippen LogP contribution is -2.48. The molecule has 0 atom stereocenters. The van der Waals surface area contributed by atoms with Crippen molar-refractivity contribution in [1.29, 1.82) is 0 Å². The molecule has 3 rings (SSSR count). The second kappa shape index (κ2) is 9.02. The fourth-order valence-electron chi connectivity index (χ4n) is 3.67. The van der Waals surface area contributed by atoms with Crippen molar-refractivity contribution in [3.05, 3.63) is 48.2 Å². The van der Waals surface area contributed by atoms with Gasteiger partial charge in [-0.2, -0.15) is 0 Å². The third kappa shape index (κ3) is 4.38. The maximum Gasteiger partial charge on any atom is 0.278 e. The van der Waals surface area contributed by atoms with Crippen LogP contribution in [0.1, 0.15) is 12.5 Å². The lowest BCUT2D eigenvalue weighted by Gasteiger charge is -2.36. The van der Waals surface area contributed by atoms with E-state index >= 15 is 0 Å². The van der Waals surface area contributed by atoms with Crippen molar-refractivity contribution in [2.45, 2.75) is 6.92 Å². The van der Waals surface area contributed by atoms with Gasteiger partial charge in [-0.15, -0.1) is 6.58 Å². The van der Waals surface area contributed by atoms with E-state index in [4.69, 9.17) is 5.11 Å². The Morgan fingerprint density at radius 3 is 2.34 bits per heavy atom. The van der Waals surface area contributed by atoms with Gasteiger partial charge in [-0.05, 0) is 17.7 Å². The van der Waals surface area contributed by atoms with Gasteiger partial charge in [0.15, 0.2) is 0 Å². The van der Waals surface area contributed by atoms with Crippen molar-refractivity contribution in [1.82, 2.24) is 14.7 Å². The monoisotopic (exact) mass is 398 g/mol. The van der Waals surface area contributed by atoms with E-state index in [2.05, 4.69) is 16.8 Å². The van der Waals surface area contributed by atoms with Gasteiger partial charge in [0.2, 0.25) is 5.91 Å². The predicted molar refractivity (Wildman–Crippen MR) is 110 cm³/mol. The number of hydrogen-bond donors (Lipinski definition) is 2. The van der Waals surface area contributed by atoms with Crippen molar-refractivity contribution < 1.29 is 19.5 Å². The van der Waals surface area contributed by atoms with Crippen molar-refractivity contribution in [3.63, 3.8) is 0 Å². The van der Waals surface area contributed by atoms with E-state index in [0.717, 1.165) is 0 Å². The number of carbonyl (C=O) groups excluding carboxylic acids is 3. The predicted octanol–water partition coefficient (Wildman–Crippen LogP) is 0.521. The minimum atomic E-state index is -0.338. The summed E-state index contributed by atoms with van der Waals surface area (Å²) < 4.78 is 0. The van der Waals surface area contributed by atoms with Crippen molar-refractivity contribution in [3.8, 4) is 0 Å². The van der Waals surface area contributed by atoms with Crippen LogP contribution in [-0.4, -0.2) is 83.4 Å². The minimum Gasteiger partial charge on any atom is -0.395 e. The van der Waals surface area contributed by atoms with Crippen molar-refractivity contribution >= 4 is 29.0 Å². The van der Waals surface area contributed by atoms with Gasteiger partial charge >= 0.3 is 0 Å². The molecule has 2 N–H and O–H groups in total. The molecule has 1 aromatic rings. The molecule has 2 aliphatic rings. The largest absolute Gasteiger partial charge is 0.395 e. The molecular formula is C21H26N4O4. The number of aliphatic hydroxyl groups is 1. The number of piperazine rings is 1. The van der Waals surface area contributed by atoms with Gasteiger partial charge in [-0.25, -0.2) is 0 Å². The fourth-order valence-corrected chi connectivity index (χ4v) is 3.67. The van der Waals surface area contributed by atoms with Crippen molar-refractivity contribution in [2.24, 2.45) is 0 Å². The summed E-state index contributed by atoms with van der Waals surface area (Å²) in [5.74, 6) is -0.830. The maximum atomic E-state index is 13.1. The summed E-state index contributed by atoms with van der Waals surface area (Å²) in [6.45, 7) is 8.54. The third-order valence-corrected chi connectivity index (χ3v) is 5.05. The molecule has 8 heteroatoms. The standard InChI is InChI=1S/C21H26N4O4/c1-3-8-25-20(28)18(16-4-6-17(7-5-16)22-15(2)27)19(21(25)29)24-11-9-23(10-12-24)13-14-26/h3-7,26H,1,8-14H2,2H3,(H,22,27). The van der Waals surface area contributed by atoms with E-state index in [-0.39, 0.29) is 30.9 Å². The number of nitrogens with one attached hydrogen (secondary N) is 1. The second-order valence-corrected chi connectivity index (χ2v) is 7.04. The van der Waals surface area contributed by atoms with E-state index in [1.165, 1.54) is 17.9 Å².